The van der Waals surface area contributed by atoms with Crippen LogP contribution in [0.4, 0.5) is 10.1 Å². The van der Waals surface area contributed by atoms with E-state index in [1.165, 1.54) is 12.1 Å². The van der Waals surface area contributed by atoms with Crippen molar-refractivity contribution in [3.8, 4) is 11.5 Å². The number of benzene rings is 2. The first kappa shape index (κ1) is 18.4. The molecule has 28 heavy (non-hydrogen) atoms. The van der Waals surface area contributed by atoms with Gasteiger partial charge in [0.2, 0.25) is 0 Å². The van der Waals surface area contributed by atoms with Gasteiger partial charge in [-0.2, -0.15) is 0 Å². The average molecular weight is 398 g/mol. The Bertz CT molecular complexity index is 1010. The Morgan fingerprint density at radius 2 is 2.18 bits per heavy atom. The SMILES string of the molecule is CCOc1cc2c(cc1/C=C1\NC(=S)N(c3ccccc3F)C1=O)O[C@H](C)C2. The fourth-order valence-corrected chi connectivity index (χ4v) is 3.68. The van der Waals surface area contributed by atoms with E-state index in [1.807, 2.05) is 26.0 Å². The number of nitrogens with one attached hydrogen (secondary N) is 1. The maximum Gasteiger partial charge on any atom is 0.281 e. The van der Waals surface area contributed by atoms with Gasteiger partial charge in [0.1, 0.15) is 29.1 Å². The number of para-hydroxylation sites is 1. The first-order chi connectivity index (χ1) is 13.5. The number of hydrogen-bond acceptors (Lipinski definition) is 4. The number of fused-ring (bicyclic) bond motifs is 1. The van der Waals surface area contributed by atoms with Gasteiger partial charge in [-0.3, -0.25) is 4.79 Å². The zero-order valence-electron chi connectivity index (χ0n) is 15.5. The highest BCUT2D eigenvalue weighted by Gasteiger charge is 2.34. The van der Waals surface area contributed by atoms with E-state index in [4.69, 9.17) is 21.7 Å². The Morgan fingerprint density at radius 1 is 1.39 bits per heavy atom. The molecule has 0 radical (unpaired) electrons. The fourth-order valence-electron chi connectivity index (χ4n) is 3.39. The zero-order chi connectivity index (χ0) is 19.8. The molecule has 1 saturated heterocycles. The van der Waals surface area contributed by atoms with Crippen LogP contribution < -0.4 is 19.7 Å². The number of carbonyl (C=O) groups is 1. The number of anilines is 1. The minimum Gasteiger partial charge on any atom is -0.493 e. The van der Waals surface area contributed by atoms with Gasteiger partial charge < -0.3 is 14.8 Å². The number of nitrogens with zero attached hydrogens (tertiary/aromatic N) is 1. The van der Waals surface area contributed by atoms with E-state index < -0.39 is 11.7 Å². The monoisotopic (exact) mass is 398 g/mol. The van der Waals surface area contributed by atoms with Crippen molar-refractivity contribution < 1.29 is 18.7 Å². The topological polar surface area (TPSA) is 50.8 Å². The highest BCUT2D eigenvalue weighted by molar-refractivity contribution is 7.80. The fraction of sp³-hybridized carbons (Fsp3) is 0.238. The number of amides is 1. The van der Waals surface area contributed by atoms with Crippen molar-refractivity contribution in [1.82, 2.24) is 5.32 Å². The summed E-state index contributed by atoms with van der Waals surface area (Å²) in [4.78, 5) is 14.1. The summed E-state index contributed by atoms with van der Waals surface area (Å²) < 4.78 is 25.7. The Balaban J connectivity index is 1.72. The molecule has 0 bridgehead atoms. The molecular weight excluding hydrogens is 379 g/mol. The van der Waals surface area contributed by atoms with Gasteiger partial charge in [0.25, 0.3) is 5.91 Å². The molecule has 4 rings (SSSR count). The number of halogens is 1. The molecule has 1 amide bonds. The second kappa shape index (κ2) is 7.24. The van der Waals surface area contributed by atoms with E-state index in [1.54, 1.807) is 18.2 Å². The highest BCUT2D eigenvalue weighted by Crippen LogP contribution is 2.36. The minimum atomic E-state index is -0.517. The lowest BCUT2D eigenvalue weighted by atomic mass is 10.1. The molecule has 0 spiro atoms. The summed E-state index contributed by atoms with van der Waals surface area (Å²) in [5, 5.41) is 3.01. The largest absolute Gasteiger partial charge is 0.493 e. The number of carbonyl (C=O) groups excluding carboxylic acids is 1. The van der Waals surface area contributed by atoms with Crippen LogP contribution in [0, 0.1) is 5.82 Å². The Labute approximate surface area is 167 Å². The van der Waals surface area contributed by atoms with Crippen molar-refractivity contribution in [3.05, 3.63) is 59.0 Å². The van der Waals surface area contributed by atoms with Gasteiger partial charge in [-0.05, 0) is 56.4 Å². The Kier molecular flexibility index (Phi) is 4.77. The number of hydrogen-bond donors (Lipinski definition) is 1. The Morgan fingerprint density at radius 3 is 2.93 bits per heavy atom. The summed E-state index contributed by atoms with van der Waals surface area (Å²) in [6, 6.07) is 9.83. The maximum absolute atomic E-state index is 14.2. The van der Waals surface area contributed by atoms with Crippen molar-refractivity contribution in [1.29, 1.82) is 0 Å². The molecule has 0 aromatic heterocycles. The van der Waals surface area contributed by atoms with Gasteiger partial charge in [0, 0.05) is 17.5 Å². The van der Waals surface area contributed by atoms with Crippen LogP contribution in [0.15, 0.2) is 42.1 Å². The first-order valence-corrected chi connectivity index (χ1v) is 9.46. The van der Waals surface area contributed by atoms with Crippen molar-refractivity contribution in [2.24, 2.45) is 0 Å². The summed E-state index contributed by atoms with van der Waals surface area (Å²) in [7, 11) is 0. The second-order valence-electron chi connectivity index (χ2n) is 6.64. The van der Waals surface area contributed by atoms with E-state index in [9.17, 15) is 9.18 Å². The average Bonchev–Trinajstić information content (AvgIpc) is 3.14. The third-order valence-electron chi connectivity index (χ3n) is 4.60. The lowest BCUT2D eigenvalue weighted by molar-refractivity contribution is -0.113. The quantitative estimate of drug-likeness (QED) is 0.627. The Hall–Kier alpha value is -2.93. The molecule has 7 heteroatoms. The molecule has 2 heterocycles. The molecule has 1 fully saturated rings. The van der Waals surface area contributed by atoms with Crippen LogP contribution in [0.25, 0.3) is 6.08 Å². The van der Waals surface area contributed by atoms with Crippen LogP contribution in [0.1, 0.15) is 25.0 Å². The molecule has 144 valence electrons. The van der Waals surface area contributed by atoms with Crippen LogP contribution in [-0.2, 0) is 11.2 Å². The molecule has 1 atom stereocenters. The van der Waals surface area contributed by atoms with Crippen LogP contribution in [0.3, 0.4) is 0 Å². The molecule has 2 aromatic carbocycles. The van der Waals surface area contributed by atoms with E-state index in [-0.39, 0.29) is 22.6 Å². The van der Waals surface area contributed by atoms with Crippen molar-refractivity contribution in [2.45, 2.75) is 26.4 Å². The van der Waals surface area contributed by atoms with Crippen LogP contribution in [-0.4, -0.2) is 23.7 Å². The molecular formula is C21H19FN2O3S. The lowest BCUT2D eigenvalue weighted by Gasteiger charge is -2.14. The van der Waals surface area contributed by atoms with Crippen LogP contribution >= 0.6 is 12.2 Å². The van der Waals surface area contributed by atoms with Gasteiger partial charge in [-0.1, -0.05) is 12.1 Å². The summed E-state index contributed by atoms with van der Waals surface area (Å²) in [5.74, 6) is 0.501. The van der Waals surface area contributed by atoms with Gasteiger partial charge in [0.05, 0.1) is 12.3 Å². The van der Waals surface area contributed by atoms with Crippen LogP contribution in [0.2, 0.25) is 0 Å². The lowest BCUT2D eigenvalue weighted by Crippen LogP contribution is -2.31. The molecule has 0 saturated carbocycles. The summed E-state index contributed by atoms with van der Waals surface area (Å²) in [6.07, 6.45) is 2.57. The first-order valence-electron chi connectivity index (χ1n) is 9.06. The van der Waals surface area contributed by atoms with E-state index >= 15 is 0 Å². The summed E-state index contributed by atoms with van der Waals surface area (Å²) in [6.45, 7) is 4.40. The predicted octanol–water partition coefficient (Wildman–Crippen LogP) is 3.81. The molecule has 0 aliphatic carbocycles. The van der Waals surface area contributed by atoms with Gasteiger partial charge in [-0.15, -0.1) is 0 Å². The van der Waals surface area contributed by atoms with Crippen molar-refractivity contribution in [3.63, 3.8) is 0 Å². The minimum absolute atomic E-state index is 0.0998. The predicted molar refractivity (Wildman–Crippen MR) is 109 cm³/mol. The standard InChI is InChI=1S/C21H19FN2O3S/c1-3-26-18-10-13-8-12(2)27-19(13)11-14(18)9-16-20(25)24(21(28)23-16)17-7-5-4-6-15(17)22/h4-7,9-12H,3,8H2,1-2H3,(H,23,28)/b16-9-/t12-/m1/s1. The van der Waals surface area contributed by atoms with Gasteiger partial charge >= 0.3 is 0 Å². The molecule has 2 aliphatic heterocycles. The molecule has 5 nitrogen and oxygen atoms in total. The van der Waals surface area contributed by atoms with E-state index in [0.29, 0.717) is 17.9 Å². The smallest absolute Gasteiger partial charge is 0.281 e. The van der Waals surface area contributed by atoms with Gasteiger partial charge in [0.15, 0.2) is 5.11 Å². The number of rotatable bonds is 4. The van der Waals surface area contributed by atoms with Gasteiger partial charge in [-0.25, -0.2) is 9.29 Å². The molecule has 1 N–H and O–H groups in total. The molecule has 0 unspecified atom stereocenters. The third-order valence-corrected chi connectivity index (χ3v) is 4.88. The zero-order valence-corrected chi connectivity index (χ0v) is 16.3. The second-order valence-corrected chi connectivity index (χ2v) is 7.03. The molecule has 2 aliphatic rings. The van der Waals surface area contributed by atoms with E-state index in [0.717, 1.165) is 22.6 Å². The third kappa shape index (κ3) is 3.22. The molecule has 2 aromatic rings. The summed E-state index contributed by atoms with van der Waals surface area (Å²) in [5.41, 5.74) is 2.14. The number of thiocarbonyl (C=S) groups is 1. The maximum atomic E-state index is 14.2. The summed E-state index contributed by atoms with van der Waals surface area (Å²) >= 11 is 5.26. The van der Waals surface area contributed by atoms with Crippen LogP contribution in [0.5, 0.6) is 11.5 Å². The van der Waals surface area contributed by atoms with Crippen molar-refractivity contribution >= 4 is 35.0 Å². The highest BCUT2D eigenvalue weighted by atomic mass is 32.1. The van der Waals surface area contributed by atoms with E-state index in [2.05, 4.69) is 5.32 Å². The normalized spacial score (nSPS) is 19.6. The van der Waals surface area contributed by atoms with Crippen molar-refractivity contribution in [2.75, 3.05) is 11.5 Å². The number of ether oxygens (including phenoxy) is 2.